The Labute approximate surface area is 85.8 Å². The van der Waals surface area contributed by atoms with E-state index in [1.807, 2.05) is 0 Å². The van der Waals surface area contributed by atoms with Gasteiger partial charge < -0.3 is 0 Å². The summed E-state index contributed by atoms with van der Waals surface area (Å²) < 4.78 is 0. The normalized spacial score (nSPS) is 33.5. The van der Waals surface area contributed by atoms with Crippen LogP contribution in [0.2, 0.25) is 0 Å². The quantitative estimate of drug-likeness (QED) is 0.476. The van der Waals surface area contributed by atoms with Crippen molar-refractivity contribution < 1.29 is 0 Å². The van der Waals surface area contributed by atoms with Crippen molar-refractivity contribution in [3.05, 3.63) is 0 Å². The fourth-order valence-corrected chi connectivity index (χ4v) is 2.70. The highest BCUT2D eigenvalue weighted by atomic mass is 35.5. The third kappa shape index (κ3) is 2.36. The lowest BCUT2D eigenvalue weighted by atomic mass is 10.1. The van der Waals surface area contributed by atoms with Gasteiger partial charge in [0.2, 0.25) is 0 Å². The lowest BCUT2D eigenvalue weighted by Gasteiger charge is -2.42. The van der Waals surface area contributed by atoms with Gasteiger partial charge in [-0.2, -0.15) is 0 Å². The van der Waals surface area contributed by atoms with Crippen LogP contribution in [-0.2, 0) is 0 Å². The molecule has 2 saturated heterocycles. The molecule has 0 aromatic rings. The molecule has 2 heterocycles. The van der Waals surface area contributed by atoms with Gasteiger partial charge in [0.15, 0.2) is 0 Å². The summed E-state index contributed by atoms with van der Waals surface area (Å²) in [6.07, 6.45) is 7.88. The van der Waals surface area contributed by atoms with Gasteiger partial charge in [-0.1, -0.05) is 6.42 Å². The minimum Gasteiger partial charge on any atom is -0.240 e. The Balaban J connectivity index is 1.88. The molecule has 0 bridgehead atoms. The molecule has 0 saturated carbocycles. The van der Waals surface area contributed by atoms with E-state index in [9.17, 15) is 0 Å². The number of hydrogen-bond acceptors (Lipinski definition) is 2. The first-order valence-corrected chi connectivity index (χ1v) is 5.97. The van der Waals surface area contributed by atoms with Gasteiger partial charge in [-0.05, 0) is 32.1 Å². The molecule has 0 aromatic carbocycles. The summed E-state index contributed by atoms with van der Waals surface area (Å²) in [7, 11) is 0. The zero-order valence-electron chi connectivity index (χ0n) is 8.21. The van der Waals surface area contributed by atoms with Crippen molar-refractivity contribution in [3.63, 3.8) is 0 Å². The van der Waals surface area contributed by atoms with Gasteiger partial charge in [-0.25, -0.2) is 10.0 Å². The SMILES string of the molecule is ClC1CCCCN1N1CCCCC1. The van der Waals surface area contributed by atoms with Crippen LogP contribution in [0.15, 0.2) is 0 Å². The first-order valence-electron chi connectivity index (χ1n) is 5.53. The topological polar surface area (TPSA) is 6.48 Å². The standard InChI is InChI=1S/C10H19ClN2/c11-10-6-2-5-9-13(10)12-7-3-1-4-8-12/h10H,1-9H2. The molecular weight excluding hydrogens is 184 g/mol. The molecule has 0 aliphatic carbocycles. The Morgan fingerprint density at radius 1 is 0.846 bits per heavy atom. The van der Waals surface area contributed by atoms with Gasteiger partial charge in [-0.3, -0.25) is 0 Å². The van der Waals surface area contributed by atoms with E-state index in [1.54, 1.807) is 0 Å². The zero-order valence-corrected chi connectivity index (χ0v) is 8.97. The molecule has 0 aromatic heterocycles. The molecule has 0 amide bonds. The maximum Gasteiger partial charge on any atom is 0.0983 e. The Morgan fingerprint density at radius 3 is 2.23 bits per heavy atom. The molecule has 2 rings (SSSR count). The number of hydrogen-bond donors (Lipinski definition) is 0. The minimum absolute atomic E-state index is 0.270. The molecule has 13 heavy (non-hydrogen) atoms. The highest BCUT2D eigenvalue weighted by Crippen LogP contribution is 2.23. The molecular formula is C10H19ClN2. The Morgan fingerprint density at radius 2 is 1.54 bits per heavy atom. The first-order chi connectivity index (χ1) is 6.38. The maximum atomic E-state index is 6.30. The second kappa shape index (κ2) is 4.63. The summed E-state index contributed by atoms with van der Waals surface area (Å²) in [5, 5.41) is 4.87. The number of piperidine rings is 2. The molecule has 2 nitrogen and oxygen atoms in total. The summed E-state index contributed by atoms with van der Waals surface area (Å²) in [4.78, 5) is 0. The summed E-state index contributed by atoms with van der Waals surface area (Å²) in [5.41, 5.74) is 0.270. The fraction of sp³-hybridized carbons (Fsp3) is 1.00. The highest BCUT2D eigenvalue weighted by Gasteiger charge is 2.26. The molecule has 0 spiro atoms. The van der Waals surface area contributed by atoms with Crippen molar-refractivity contribution in [2.75, 3.05) is 19.6 Å². The smallest absolute Gasteiger partial charge is 0.0983 e. The summed E-state index contributed by atoms with van der Waals surface area (Å²) in [5.74, 6) is 0. The van der Waals surface area contributed by atoms with Crippen LogP contribution in [0.25, 0.3) is 0 Å². The van der Waals surface area contributed by atoms with E-state index >= 15 is 0 Å². The number of nitrogens with zero attached hydrogens (tertiary/aromatic N) is 2. The fourth-order valence-electron chi connectivity index (χ4n) is 2.33. The van der Waals surface area contributed by atoms with E-state index in [1.165, 1.54) is 51.7 Å². The lowest BCUT2D eigenvalue weighted by molar-refractivity contribution is -0.0650. The Bertz CT molecular complexity index is 157. The predicted molar refractivity (Wildman–Crippen MR) is 55.6 cm³/mol. The van der Waals surface area contributed by atoms with E-state index in [0.29, 0.717) is 0 Å². The van der Waals surface area contributed by atoms with Crippen LogP contribution in [0, 0.1) is 0 Å². The minimum atomic E-state index is 0.270. The van der Waals surface area contributed by atoms with Crippen molar-refractivity contribution in [3.8, 4) is 0 Å². The molecule has 0 radical (unpaired) electrons. The number of hydrazine groups is 1. The Hall–Kier alpha value is 0.210. The number of halogens is 1. The van der Waals surface area contributed by atoms with Gasteiger partial charge in [0, 0.05) is 19.6 Å². The van der Waals surface area contributed by atoms with Gasteiger partial charge in [0.25, 0.3) is 0 Å². The molecule has 76 valence electrons. The van der Waals surface area contributed by atoms with Crippen LogP contribution in [0.5, 0.6) is 0 Å². The molecule has 1 unspecified atom stereocenters. The Kier molecular flexibility index (Phi) is 3.47. The van der Waals surface area contributed by atoms with Gasteiger partial charge in [-0.15, -0.1) is 11.6 Å². The van der Waals surface area contributed by atoms with E-state index < -0.39 is 0 Å². The second-order valence-corrected chi connectivity index (χ2v) is 4.61. The van der Waals surface area contributed by atoms with E-state index in [2.05, 4.69) is 10.0 Å². The van der Waals surface area contributed by atoms with Gasteiger partial charge in [0.1, 0.15) is 0 Å². The number of alkyl halides is 1. The van der Waals surface area contributed by atoms with Gasteiger partial charge >= 0.3 is 0 Å². The van der Waals surface area contributed by atoms with Crippen LogP contribution in [-0.4, -0.2) is 35.2 Å². The van der Waals surface area contributed by atoms with Crippen LogP contribution in [0.1, 0.15) is 38.5 Å². The number of rotatable bonds is 1. The van der Waals surface area contributed by atoms with E-state index in [-0.39, 0.29) is 5.50 Å². The summed E-state index contributed by atoms with van der Waals surface area (Å²) in [6.45, 7) is 3.63. The van der Waals surface area contributed by atoms with Gasteiger partial charge in [0.05, 0.1) is 5.50 Å². The molecule has 1 atom stereocenters. The van der Waals surface area contributed by atoms with Crippen molar-refractivity contribution >= 4 is 11.6 Å². The lowest BCUT2D eigenvalue weighted by Crippen LogP contribution is -2.51. The zero-order chi connectivity index (χ0) is 9.10. The van der Waals surface area contributed by atoms with Crippen molar-refractivity contribution in [2.45, 2.75) is 44.0 Å². The molecule has 2 aliphatic heterocycles. The van der Waals surface area contributed by atoms with E-state index in [0.717, 1.165) is 6.42 Å². The third-order valence-corrected chi connectivity index (χ3v) is 3.54. The maximum absolute atomic E-state index is 6.30. The van der Waals surface area contributed by atoms with Crippen LogP contribution in [0.3, 0.4) is 0 Å². The van der Waals surface area contributed by atoms with E-state index in [4.69, 9.17) is 11.6 Å². The average molecular weight is 203 g/mol. The summed E-state index contributed by atoms with van der Waals surface area (Å²) in [6, 6.07) is 0. The second-order valence-electron chi connectivity index (χ2n) is 4.11. The highest BCUT2D eigenvalue weighted by molar-refractivity contribution is 6.20. The predicted octanol–water partition coefficient (Wildman–Crippen LogP) is 2.44. The molecule has 3 heteroatoms. The summed E-state index contributed by atoms with van der Waals surface area (Å²) >= 11 is 6.30. The monoisotopic (exact) mass is 202 g/mol. The van der Waals surface area contributed by atoms with Crippen molar-refractivity contribution in [1.82, 2.24) is 10.0 Å². The van der Waals surface area contributed by atoms with Crippen molar-refractivity contribution in [1.29, 1.82) is 0 Å². The largest absolute Gasteiger partial charge is 0.240 e. The van der Waals surface area contributed by atoms with Crippen LogP contribution >= 0.6 is 11.6 Å². The van der Waals surface area contributed by atoms with Crippen molar-refractivity contribution in [2.24, 2.45) is 0 Å². The molecule has 2 aliphatic rings. The average Bonchev–Trinajstić information content (AvgIpc) is 2.20. The van der Waals surface area contributed by atoms with Crippen LogP contribution in [0.4, 0.5) is 0 Å². The first kappa shape index (κ1) is 9.75. The van der Waals surface area contributed by atoms with Crippen LogP contribution < -0.4 is 0 Å². The molecule has 0 N–H and O–H groups in total. The molecule has 2 fully saturated rings. The third-order valence-electron chi connectivity index (χ3n) is 3.10.